The molecular weight excluding hydrogens is 406 g/mol. The summed E-state index contributed by atoms with van der Waals surface area (Å²) in [4.78, 5) is 11.4. The third-order valence-electron chi connectivity index (χ3n) is 5.77. The molecule has 1 N–H and O–H groups in total. The summed E-state index contributed by atoms with van der Waals surface area (Å²) in [7, 11) is 0. The zero-order valence-electron chi connectivity index (χ0n) is 17.4. The summed E-state index contributed by atoms with van der Waals surface area (Å²) in [5.41, 5.74) is 4.41. The summed E-state index contributed by atoms with van der Waals surface area (Å²) in [5.74, 6) is 1.78. The molecule has 0 radical (unpaired) electrons. The van der Waals surface area contributed by atoms with Gasteiger partial charge in [0.1, 0.15) is 11.6 Å². The maximum atomic E-state index is 5.77. The molecule has 1 saturated heterocycles. The minimum absolute atomic E-state index is 0.0313. The van der Waals surface area contributed by atoms with Crippen LogP contribution >= 0.6 is 12.2 Å². The Labute approximate surface area is 186 Å². The van der Waals surface area contributed by atoms with E-state index in [1.54, 1.807) is 6.26 Å². The molecule has 0 aliphatic carbocycles. The molecule has 4 aromatic rings. The molecule has 5 rings (SSSR count). The topological polar surface area (TPSA) is 59.1 Å². The van der Waals surface area contributed by atoms with Crippen LogP contribution in [0.1, 0.15) is 40.5 Å². The van der Waals surface area contributed by atoms with E-state index in [0.29, 0.717) is 11.7 Å². The van der Waals surface area contributed by atoms with Crippen molar-refractivity contribution >= 4 is 17.3 Å². The van der Waals surface area contributed by atoms with Gasteiger partial charge in [-0.3, -0.25) is 4.98 Å². The van der Waals surface area contributed by atoms with E-state index in [1.807, 2.05) is 60.9 Å². The highest BCUT2D eigenvalue weighted by Crippen LogP contribution is 2.42. The molecule has 0 saturated carbocycles. The van der Waals surface area contributed by atoms with Crippen molar-refractivity contribution in [2.45, 2.75) is 32.5 Å². The second kappa shape index (κ2) is 8.00. The summed E-state index contributed by atoms with van der Waals surface area (Å²) in [6, 6.07) is 18.0. The van der Waals surface area contributed by atoms with Gasteiger partial charge >= 0.3 is 0 Å². The average Bonchev–Trinajstić information content (AvgIpc) is 3.49. The SMILES string of the molecule is Cc1cc([C@@H]2[C@@H](c3ccccn3)NC(=S)N2Cc2ccco2)c(C)n1-c1ccccn1. The third kappa shape index (κ3) is 3.51. The van der Waals surface area contributed by atoms with E-state index in [9.17, 15) is 0 Å². The van der Waals surface area contributed by atoms with Crippen molar-refractivity contribution in [3.63, 3.8) is 0 Å². The molecule has 5 heterocycles. The van der Waals surface area contributed by atoms with Crippen LogP contribution in [-0.4, -0.2) is 24.5 Å². The fraction of sp³-hybridized carbons (Fsp3) is 0.208. The van der Waals surface area contributed by atoms with Crippen molar-refractivity contribution in [3.05, 3.63) is 102 Å². The number of hydrogen-bond donors (Lipinski definition) is 1. The normalized spacial score (nSPS) is 18.4. The number of aromatic nitrogens is 3. The second-order valence-electron chi connectivity index (χ2n) is 7.68. The van der Waals surface area contributed by atoms with E-state index in [2.05, 4.69) is 44.7 Å². The first-order chi connectivity index (χ1) is 15.1. The fourth-order valence-electron chi connectivity index (χ4n) is 4.41. The molecule has 0 spiro atoms. The average molecular weight is 430 g/mol. The number of nitrogens with one attached hydrogen (secondary N) is 1. The van der Waals surface area contributed by atoms with Gasteiger partial charge in [-0.25, -0.2) is 4.98 Å². The van der Waals surface area contributed by atoms with Crippen LogP contribution in [0, 0.1) is 13.8 Å². The second-order valence-corrected chi connectivity index (χ2v) is 8.07. The smallest absolute Gasteiger partial charge is 0.170 e. The van der Waals surface area contributed by atoms with Crippen molar-refractivity contribution in [3.8, 4) is 5.82 Å². The number of nitrogens with zero attached hydrogens (tertiary/aromatic N) is 4. The molecule has 4 aromatic heterocycles. The number of furan rings is 1. The van der Waals surface area contributed by atoms with Crippen LogP contribution in [0.3, 0.4) is 0 Å². The van der Waals surface area contributed by atoms with Gasteiger partial charge in [-0.1, -0.05) is 12.1 Å². The van der Waals surface area contributed by atoms with Gasteiger partial charge in [0.25, 0.3) is 0 Å². The molecule has 2 atom stereocenters. The minimum Gasteiger partial charge on any atom is -0.467 e. The van der Waals surface area contributed by atoms with Crippen LogP contribution in [0.5, 0.6) is 0 Å². The van der Waals surface area contributed by atoms with Gasteiger partial charge in [0, 0.05) is 23.8 Å². The van der Waals surface area contributed by atoms with E-state index in [0.717, 1.165) is 28.7 Å². The van der Waals surface area contributed by atoms with Crippen molar-refractivity contribution in [1.82, 2.24) is 24.8 Å². The summed E-state index contributed by atoms with van der Waals surface area (Å²) < 4.78 is 7.83. The predicted octanol–water partition coefficient (Wildman–Crippen LogP) is 4.65. The van der Waals surface area contributed by atoms with E-state index in [-0.39, 0.29) is 12.1 Å². The summed E-state index contributed by atoms with van der Waals surface area (Å²) in [6.45, 7) is 4.83. The molecule has 0 unspecified atom stereocenters. The fourth-order valence-corrected chi connectivity index (χ4v) is 4.72. The maximum Gasteiger partial charge on any atom is 0.170 e. The Balaban J connectivity index is 1.62. The van der Waals surface area contributed by atoms with Gasteiger partial charge in [0.2, 0.25) is 0 Å². The number of thiocarbonyl (C=S) groups is 1. The number of aryl methyl sites for hydroxylation is 1. The Kier molecular flexibility index (Phi) is 5.03. The first kappa shape index (κ1) is 19.5. The molecule has 156 valence electrons. The number of hydrogen-bond acceptors (Lipinski definition) is 4. The van der Waals surface area contributed by atoms with Crippen LogP contribution in [0.2, 0.25) is 0 Å². The highest BCUT2D eigenvalue weighted by Gasteiger charge is 2.41. The van der Waals surface area contributed by atoms with Crippen molar-refractivity contribution in [2.24, 2.45) is 0 Å². The van der Waals surface area contributed by atoms with E-state index < -0.39 is 0 Å². The van der Waals surface area contributed by atoms with Crippen molar-refractivity contribution < 1.29 is 4.42 Å². The Hall–Kier alpha value is -3.45. The highest BCUT2D eigenvalue weighted by atomic mass is 32.1. The van der Waals surface area contributed by atoms with Crippen LogP contribution in [0.4, 0.5) is 0 Å². The van der Waals surface area contributed by atoms with Crippen LogP contribution in [0.25, 0.3) is 5.82 Å². The zero-order valence-corrected chi connectivity index (χ0v) is 18.2. The number of pyridine rings is 2. The molecule has 0 bridgehead atoms. The van der Waals surface area contributed by atoms with Crippen LogP contribution < -0.4 is 5.32 Å². The van der Waals surface area contributed by atoms with Crippen molar-refractivity contribution in [2.75, 3.05) is 0 Å². The van der Waals surface area contributed by atoms with Gasteiger partial charge in [-0.15, -0.1) is 0 Å². The monoisotopic (exact) mass is 429 g/mol. The van der Waals surface area contributed by atoms with Gasteiger partial charge in [0.15, 0.2) is 5.11 Å². The Morgan fingerprint density at radius 1 is 1.03 bits per heavy atom. The van der Waals surface area contributed by atoms with Gasteiger partial charge in [-0.2, -0.15) is 0 Å². The quantitative estimate of drug-likeness (QED) is 0.466. The summed E-state index contributed by atoms with van der Waals surface area (Å²) in [6.07, 6.45) is 5.34. The van der Waals surface area contributed by atoms with Gasteiger partial charge in [-0.05, 0) is 74.1 Å². The Morgan fingerprint density at radius 3 is 2.52 bits per heavy atom. The summed E-state index contributed by atoms with van der Waals surface area (Å²) >= 11 is 5.77. The lowest BCUT2D eigenvalue weighted by atomic mass is 9.96. The highest BCUT2D eigenvalue weighted by molar-refractivity contribution is 7.80. The molecule has 6 nitrogen and oxygen atoms in total. The minimum atomic E-state index is -0.0682. The van der Waals surface area contributed by atoms with E-state index >= 15 is 0 Å². The molecule has 0 aromatic carbocycles. The molecular formula is C24H23N5OS. The van der Waals surface area contributed by atoms with Gasteiger partial charge in [0.05, 0.1) is 30.6 Å². The largest absolute Gasteiger partial charge is 0.467 e. The van der Waals surface area contributed by atoms with E-state index in [1.165, 1.54) is 5.56 Å². The molecule has 0 amide bonds. The van der Waals surface area contributed by atoms with E-state index in [4.69, 9.17) is 16.6 Å². The Bertz CT molecular complexity index is 1190. The summed E-state index contributed by atoms with van der Waals surface area (Å²) in [5, 5.41) is 4.20. The van der Waals surface area contributed by atoms with Crippen LogP contribution in [0.15, 0.2) is 77.7 Å². The molecule has 31 heavy (non-hydrogen) atoms. The zero-order chi connectivity index (χ0) is 21.4. The first-order valence-electron chi connectivity index (χ1n) is 10.2. The maximum absolute atomic E-state index is 5.77. The molecule has 1 aliphatic rings. The first-order valence-corrected chi connectivity index (χ1v) is 10.6. The van der Waals surface area contributed by atoms with Gasteiger partial charge < -0.3 is 19.2 Å². The third-order valence-corrected chi connectivity index (χ3v) is 6.12. The lowest BCUT2D eigenvalue weighted by molar-refractivity contribution is 0.286. The standard InChI is InChI=1S/C24H23N5OS/c1-16-14-19(17(2)29(16)21-10-4-6-12-26-21)23-22(20-9-3-5-11-25-20)27-24(31)28(23)15-18-8-7-13-30-18/h3-14,22-23H,15H2,1-2H3,(H,27,31)/t22-,23-/m1/s1. The molecule has 7 heteroatoms. The van der Waals surface area contributed by atoms with Crippen LogP contribution in [-0.2, 0) is 6.54 Å². The molecule has 1 aliphatic heterocycles. The Morgan fingerprint density at radius 2 is 1.84 bits per heavy atom. The predicted molar refractivity (Wildman–Crippen MR) is 123 cm³/mol. The van der Waals surface area contributed by atoms with Crippen molar-refractivity contribution in [1.29, 1.82) is 0 Å². The number of rotatable bonds is 5. The lowest BCUT2D eigenvalue weighted by Crippen LogP contribution is -2.29. The lowest BCUT2D eigenvalue weighted by Gasteiger charge is -2.27. The molecule has 1 fully saturated rings.